The molecule has 17 heavy (non-hydrogen) atoms. The zero-order chi connectivity index (χ0) is 11.8. The Balaban J connectivity index is 2.17. The van der Waals surface area contributed by atoms with Gasteiger partial charge in [-0.15, -0.1) is 0 Å². The van der Waals surface area contributed by atoms with Crippen molar-refractivity contribution in [1.29, 1.82) is 0 Å². The summed E-state index contributed by atoms with van der Waals surface area (Å²) < 4.78 is 0. The lowest BCUT2D eigenvalue weighted by atomic mass is 10.1. The van der Waals surface area contributed by atoms with Crippen LogP contribution in [0, 0.1) is 6.92 Å². The van der Waals surface area contributed by atoms with Gasteiger partial charge in [-0.25, -0.2) is 4.98 Å². The molecule has 0 saturated carbocycles. The van der Waals surface area contributed by atoms with Crippen molar-refractivity contribution in [2.45, 2.75) is 6.92 Å². The number of nitrogens with one attached hydrogen (secondary N) is 1. The van der Waals surface area contributed by atoms with E-state index in [0.717, 1.165) is 28.0 Å². The van der Waals surface area contributed by atoms with Gasteiger partial charge < -0.3 is 10.1 Å². The molecule has 3 rings (SSSR count). The molecule has 0 unspecified atom stereocenters. The molecular weight excluding hydrogens is 214 g/mol. The second-order valence-corrected chi connectivity index (χ2v) is 3.98. The van der Waals surface area contributed by atoms with Crippen LogP contribution < -0.4 is 0 Å². The number of benzene rings is 1. The summed E-state index contributed by atoms with van der Waals surface area (Å²) in [6.45, 7) is 1.86. The molecule has 0 aliphatic rings. The van der Waals surface area contributed by atoms with Gasteiger partial charge in [-0.05, 0) is 36.8 Å². The van der Waals surface area contributed by atoms with Gasteiger partial charge in [-0.2, -0.15) is 0 Å². The summed E-state index contributed by atoms with van der Waals surface area (Å²) in [7, 11) is 0. The number of aromatic hydroxyl groups is 1. The van der Waals surface area contributed by atoms with Crippen LogP contribution in [-0.4, -0.2) is 20.1 Å². The standard InChI is InChI=1S/C13H11N3O/c1-8-6-9(2-3-12(8)17)13-15-10-4-5-14-7-11(10)16-13/h2-7,17H,1H3,(H,15,16). The third-order valence-corrected chi connectivity index (χ3v) is 2.75. The highest BCUT2D eigenvalue weighted by atomic mass is 16.3. The number of pyridine rings is 1. The Morgan fingerprint density at radius 1 is 1.24 bits per heavy atom. The Hall–Kier alpha value is -2.36. The molecule has 0 atom stereocenters. The number of H-pyrrole nitrogens is 1. The third kappa shape index (κ3) is 1.63. The largest absolute Gasteiger partial charge is 0.508 e. The third-order valence-electron chi connectivity index (χ3n) is 2.75. The number of fused-ring (bicyclic) bond motifs is 1. The molecule has 2 N–H and O–H groups in total. The summed E-state index contributed by atoms with van der Waals surface area (Å²) in [5, 5.41) is 9.49. The maximum absolute atomic E-state index is 9.49. The zero-order valence-corrected chi connectivity index (χ0v) is 9.31. The molecular formula is C13H11N3O. The Labute approximate surface area is 98.0 Å². The van der Waals surface area contributed by atoms with E-state index in [0.29, 0.717) is 5.75 Å². The number of nitrogens with zero attached hydrogens (tertiary/aromatic N) is 2. The highest BCUT2D eigenvalue weighted by Crippen LogP contribution is 2.24. The Morgan fingerprint density at radius 2 is 2.12 bits per heavy atom. The molecule has 0 fully saturated rings. The van der Waals surface area contributed by atoms with Gasteiger partial charge in [0, 0.05) is 11.8 Å². The van der Waals surface area contributed by atoms with Crippen LogP contribution in [0.4, 0.5) is 0 Å². The van der Waals surface area contributed by atoms with Crippen LogP contribution in [0.1, 0.15) is 5.56 Å². The summed E-state index contributed by atoms with van der Waals surface area (Å²) in [5.74, 6) is 1.09. The van der Waals surface area contributed by atoms with Gasteiger partial charge in [0.1, 0.15) is 11.6 Å². The minimum absolute atomic E-state index is 0.298. The average molecular weight is 225 g/mol. The van der Waals surface area contributed by atoms with Crippen LogP contribution in [0.2, 0.25) is 0 Å². The number of aromatic nitrogens is 3. The van der Waals surface area contributed by atoms with Gasteiger partial charge in [-0.3, -0.25) is 4.98 Å². The maximum atomic E-state index is 9.49. The first-order valence-electron chi connectivity index (χ1n) is 5.34. The number of phenolic OH excluding ortho intramolecular Hbond substituents is 1. The number of hydrogen-bond donors (Lipinski definition) is 2. The first kappa shape index (κ1) is 9.84. The number of imidazole rings is 1. The predicted molar refractivity (Wildman–Crippen MR) is 65.7 cm³/mol. The van der Waals surface area contributed by atoms with Gasteiger partial charge in [0.2, 0.25) is 0 Å². The first-order chi connectivity index (χ1) is 8.24. The van der Waals surface area contributed by atoms with Gasteiger partial charge in [-0.1, -0.05) is 0 Å². The molecule has 4 heteroatoms. The quantitative estimate of drug-likeness (QED) is 0.669. The second-order valence-electron chi connectivity index (χ2n) is 3.98. The molecule has 3 aromatic rings. The average Bonchev–Trinajstić information content (AvgIpc) is 2.76. The number of aryl methyl sites for hydroxylation is 1. The van der Waals surface area contributed by atoms with Crippen molar-refractivity contribution in [3.05, 3.63) is 42.2 Å². The van der Waals surface area contributed by atoms with Crippen LogP contribution in [-0.2, 0) is 0 Å². The number of phenols is 1. The Bertz CT molecular complexity index is 655. The molecule has 2 aromatic heterocycles. The van der Waals surface area contributed by atoms with Crippen molar-refractivity contribution >= 4 is 11.0 Å². The zero-order valence-electron chi connectivity index (χ0n) is 9.31. The summed E-state index contributed by atoms with van der Waals surface area (Å²) in [5.41, 5.74) is 3.59. The molecule has 0 bridgehead atoms. The van der Waals surface area contributed by atoms with E-state index in [-0.39, 0.29) is 0 Å². The fraction of sp³-hybridized carbons (Fsp3) is 0.0769. The first-order valence-corrected chi connectivity index (χ1v) is 5.34. The maximum Gasteiger partial charge on any atom is 0.138 e. The molecule has 0 spiro atoms. The van der Waals surface area contributed by atoms with Gasteiger partial charge in [0.05, 0.1) is 17.2 Å². The van der Waals surface area contributed by atoms with E-state index in [4.69, 9.17) is 0 Å². The SMILES string of the molecule is Cc1cc(-c2nc3ccncc3[nH]2)ccc1O. The Kier molecular flexibility index (Phi) is 2.08. The molecule has 4 nitrogen and oxygen atoms in total. The lowest BCUT2D eigenvalue weighted by Crippen LogP contribution is -1.82. The van der Waals surface area contributed by atoms with Crippen LogP contribution >= 0.6 is 0 Å². The smallest absolute Gasteiger partial charge is 0.138 e. The van der Waals surface area contributed by atoms with Gasteiger partial charge in [0.15, 0.2) is 0 Å². The highest BCUT2D eigenvalue weighted by molar-refractivity contribution is 5.78. The molecule has 0 radical (unpaired) electrons. The van der Waals surface area contributed by atoms with Gasteiger partial charge in [0.25, 0.3) is 0 Å². The highest BCUT2D eigenvalue weighted by Gasteiger charge is 2.06. The molecule has 0 saturated heterocycles. The minimum atomic E-state index is 0.298. The Morgan fingerprint density at radius 3 is 2.88 bits per heavy atom. The van der Waals surface area contributed by atoms with E-state index < -0.39 is 0 Å². The van der Waals surface area contributed by atoms with Crippen molar-refractivity contribution in [3.63, 3.8) is 0 Å². The number of aromatic amines is 1. The monoisotopic (exact) mass is 225 g/mol. The predicted octanol–water partition coefficient (Wildman–Crippen LogP) is 2.64. The lowest BCUT2D eigenvalue weighted by Gasteiger charge is -2.00. The molecule has 1 aromatic carbocycles. The van der Waals surface area contributed by atoms with Crippen LogP contribution in [0.3, 0.4) is 0 Å². The lowest BCUT2D eigenvalue weighted by molar-refractivity contribution is 0.471. The van der Waals surface area contributed by atoms with E-state index in [1.54, 1.807) is 18.5 Å². The summed E-state index contributed by atoms with van der Waals surface area (Å²) in [4.78, 5) is 11.7. The van der Waals surface area contributed by atoms with Crippen LogP contribution in [0.5, 0.6) is 5.75 Å². The van der Waals surface area contributed by atoms with E-state index in [9.17, 15) is 5.11 Å². The van der Waals surface area contributed by atoms with Crippen molar-refractivity contribution in [2.24, 2.45) is 0 Å². The fourth-order valence-electron chi connectivity index (χ4n) is 1.80. The van der Waals surface area contributed by atoms with Crippen molar-refractivity contribution < 1.29 is 5.11 Å². The van der Waals surface area contributed by atoms with Crippen LogP contribution in [0.25, 0.3) is 22.4 Å². The topological polar surface area (TPSA) is 61.8 Å². The summed E-state index contributed by atoms with van der Waals surface area (Å²) >= 11 is 0. The molecule has 0 aliphatic heterocycles. The van der Waals surface area contributed by atoms with Crippen molar-refractivity contribution in [1.82, 2.24) is 15.0 Å². The van der Waals surface area contributed by atoms with E-state index in [1.165, 1.54) is 0 Å². The summed E-state index contributed by atoms with van der Waals surface area (Å²) in [6, 6.07) is 7.28. The fourth-order valence-corrected chi connectivity index (χ4v) is 1.80. The van der Waals surface area contributed by atoms with E-state index >= 15 is 0 Å². The molecule has 2 heterocycles. The normalized spacial score (nSPS) is 10.9. The van der Waals surface area contributed by atoms with Crippen molar-refractivity contribution in [3.8, 4) is 17.1 Å². The van der Waals surface area contributed by atoms with Gasteiger partial charge >= 0.3 is 0 Å². The van der Waals surface area contributed by atoms with Crippen LogP contribution in [0.15, 0.2) is 36.7 Å². The van der Waals surface area contributed by atoms with E-state index in [2.05, 4.69) is 15.0 Å². The summed E-state index contributed by atoms with van der Waals surface area (Å²) in [6.07, 6.45) is 3.47. The number of rotatable bonds is 1. The minimum Gasteiger partial charge on any atom is -0.508 e. The molecule has 0 amide bonds. The number of hydrogen-bond acceptors (Lipinski definition) is 3. The molecule has 84 valence electrons. The molecule has 0 aliphatic carbocycles. The second kappa shape index (κ2) is 3.59. The van der Waals surface area contributed by atoms with E-state index in [1.807, 2.05) is 25.1 Å². The van der Waals surface area contributed by atoms with Crippen molar-refractivity contribution in [2.75, 3.05) is 0 Å².